The zero-order valence-electron chi connectivity index (χ0n) is 8.13. The van der Waals surface area contributed by atoms with Gasteiger partial charge >= 0.3 is 0 Å². The van der Waals surface area contributed by atoms with Gasteiger partial charge in [0.1, 0.15) is 0 Å². The molecule has 1 unspecified atom stereocenters. The molecule has 1 aliphatic rings. The van der Waals surface area contributed by atoms with E-state index >= 15 is 0 Å². The van der Waals surface area contributed by atoms with Gasteiger partial charge in [-0.1, -0.05) is 18.2 Å². The molecule has 74 valence electrons. The molecular formula is C11H15N3. The second kappa shape index (κ2) is 4.35. The molecule has 1 aliphatic heterocycles. The van der Waals surface area contributed by atoms with E-state index in [1.54, 1.807) is 6.20 Å². The fourth-order valence-corrected chi connectivity index (χ4v) is 1.82. The molecule has 0 spiro atoms. The molecule has 0 aliphatic carbocycles. The van der Waals surface area contributed by atoms with Crippen molar-refractivity contribution in [2.75, 3.05) is 19.6 Å². The van der Waals surface area contributed by atoms with Crippen LogP contribution in [0, 0.1) is 0 Å². The van der Waals surface area contributed by atoms with Crippen LogP contribution in [-0.2, 0) is 0 Å². The van der Waals surface area contributed by atoms with Crippen LogP contribution in [-0.4, -0.2) is 29.5 Å². The van der Waals surface area contributed by atoms with E-state index in [2.05, 4.69) is 28.1 Å². The third-order valence-electron chi connectivity index (χ3n) is 2.58. The van der Waals surface area contributed by atoms with Crippen molar-refractivity contribution in [1.82, 2.24) is 9.88 Å². The minimum atomic E-state index is 0.304. The number of rotatable bonds is 3. The van der Waals surface area contributed by atoms with Gasteiger partial charge in [0, 0.05) is 38.1 Å². The Balaban J connectivity index is 2.13. The lowest BCUT2D eigenvalue weighted by Gasteiger charge is -2.26. The Morgan fingerprint density at radius 1 is 1.43 bits per heavy atom. The van der Waals surface area contributed by atoms with Crippen molar-refractivity contribution in [3.8, 4) is 0 Å². The molecule has 3 heteroatoms. The minimum absolute atomic E-state index is 0.304. The maximum absolute atomic E-state index is 5.79. The minimum Gasteiger partial charge on any atom is -0.329 e. The fourth-order valence-electron chi connectivity index (χ4n) is 1.82. The highest BCUT2D eigenvalue weighted by atomic mass is 15.2. The third-order valence-corrected chi connectivity index (χ3v) is 2.58. The molecule has 0 amide bonds. The highest BCUT2D eigenvalue weighted by Gasteiger charge is 2.19. The van der Waals surface area contributed by atoms with Crippen LogP contribution in [0.15, 0.2) is 36.7 Å². The van der Waals surface area contributed by atoms with Crippen LogP contribution in [0.3, 0.4) is 0 Å². The molecule has 1 aromatic heterocycles. The molecule has 0 radical (unpaired) electrons. The first-order chi connectivity index (χ1) is 6.92. The van der Waals surface area contributed by atoms with E-state index in [1.165, 1.54) is 5.56 Å². The van der Waals surface area contributed by atoms with Gasteiger partial charge in [-0.25, -0.2) is 0 Å². The summed E-state index contributed by atoms with van der Waals surface area (Å²) in [5, 5.41) is 0. The van der Waals surface area contributed by atoms with Gasteiger partial charge < -0.3 is 5.73 Å². The van der Waals surface area contributed by atoms with Crippen molar-refractivity contribution < 1.29 is 0 Å². The first-order valence-corrected chi connectivity index (χ1v) is 4.91. The predicted molar refractivity (Wildman–Crippen MR) is 56.7 cm³/mol. The summed E-state index contributed by atoms with van der Waals surface area (Å²) in [6, 6.07) is 4.35. The Hall–Kier alpha value is -1.19. The zero-order valence-corrected chi connectivity index (χ0v) is 8.13. The summed E-state index contributed by atoms with van der Waals surface area (Å²) in [6.07, 6.45) is 8.05. The van der Waals surface area contributed by atoms with Crippen LogP contribution in [0.2, 0.25) is 0 Å². The highest BCUT2D eigenvalue weighted by Crippen LogP contribution is 2.20. The van der Waals surface area contributed by atoms with Gasteiger partial charge in [0.2, 0.25) is 0 Å². The van der Waals surface area contributed by atoms with Crippen molar-refractivity contribution in [2.24, 2.45) is 5.73 Å². The van der Waals surface area contributed by atoms with Crippen LogP contribution in [0.4, 0.5) is 0 Å². The summed E-state index contributed by atoms with van der Waals surface area (Å²) in [5.74, 6) is 0. The summed E-state index contributed by atoms with van der Waals surface area (Å²) in [6.45, 7) is 2.64. The third kappa shape index (κ3) is 1.84. The molecule has 0 aromatic carbocycles. The topological polar surface area (TPSA) is 42.1 Å². The van der Waals surface area contributed by atoms with E-state index in [1.807, 2.05) is 12.3 Å². The molecular weight excluding hydrogens is 174 g/mol. The number of hydrogen-bond donors (Lipinski definition) is 1. The van der Waals surface area contributed by atoms with E-state index in [-0.39, 0.29) is 0 Å². The zero-order chi connectivity index (χ0) is 9.80. The number of hydrogen-bond acceptors (Lipinski definition) is 3. The average molecular weight is 189 g/mol. The lowest BCUT2D eigenvalue weighted by Crippen LogP contribution is -2.31. The van der Waals surface area contributed by atoms with Gasteiger partial charge in [0.25, 0.3) is 0 Å². The molecule has 2 N–H and O–H groups in total. The van der Waals surface area contributed by atoms with Gasteiger partial charge in [0.05, 0.1) is 0 Å². The lowest BCUT2D eigenvalue weighted by atomic mass is 10.1. The molecule has 2 heterocycles. The van der Waals surface area contributed by atoms with Gasteiger partial charge in [-0.05, 0) is 11.6 Å². The lowest BCUT2D eigenvalue weighted by molar-refractivity contribution is 0.261. The summed E-state index contributed by atoms with van der Waals surface area (Å²) >= 11 is 0. The molecule has 0 fully saturated rings. The van der Waals surface area contributed by atoms with E-state index in [0.29, 0.717) is 12.6 Å². The standard InChI is InChI=1S/C11H15N3/c12-8-11(14-6-1-2-7-14)10-4-3-5-13-9-10/h1-5,9,11H,6-8,12H2. The van der Waals surface area contributed by atoms with Crippen molar-refractivity contribution in [1.29, 1.82) is 0 Å². The Morgan fingerprint density at radius 2 is 2.21 bits per heavy atom. The largest absolute Gasteiger partial charge is 0.329 e. The van der Waals surface area contributed by atoms with Crippen molar-refractivity contribution in [3.05, 3.63) is 42.2 Å². The van der Waals surface area contributed by atoms with Crippen LogP contribution < -0.4 is 5.73 Å². The van der Waals surface area contributed by atoms with Crippen LogP contribution >= 0.6 is 0 Å². The van der Waals surface area contributed by atoms with Gasteiger partial charge in [-0.15, -0.1) is 0 Å². The highest BCUT2D eigenvalue weighted by molar-refractivity contribution is 5.16. The maximum Gasteiger partial charge on any atom is 0.0492 e. The van der Waals surface area contributed by atoms with Gasteiger partial charge in [-0.2, -0.15) is 0 Å². The van der Waals surface area contributed by atoms with Crippen LogP contribution in [0.1, 0.15) is 11.6 Å². The Morgan fingerprint density at radius 3 is 2.79 bits per heavy atom. The van der Waals surface area contributed by atoms with E-state index < -0.39 is 0 Å². The number of nitrogens with zero attached hydrogens (tertiary/aromatic N) is 2. The fraction of sp³-hybridized carbons (Fsp3) is 0.364. The summed E-state index contributed by atoms with van der Waals surface area (Å²) in [4.78, 5) is 6.47. The Bertz CT molecular complexity index is 300. The number of nitrogens with two attached hydrogens (primary N) is 1. The first kappa shape index (κ1) is 9.37. The molecule has 1 aromatic rings. The van der Waals surface area contributed by atoms with Crippen LogP contribution in [0.5, 0.6) is 0 Å². The van der Waals surface area contributed by atoms with Crippen molar-refractivity contribution in [2.45, 2.75) is 6.04 Å². The normalized spacial score (nSPS) is 18.6. The Labute approximate surface area is 84.2 Å². The van der Waals surface area contributed by atoms with E-state index in [9.17, 15) is 0 Å². The Kier molecular flexibility index (Phi) is 2.91. The summed E-state index contributed by atoms with van der Waals surface area (Å²) in [7, 11) is 0. The summed E-state index contributed by atoms with van der Waals surface area (Å²) < 4.78 is 0. The second-order valence-electron chi connectivity index (χ2n) is 3.46. The second-order valence-corrected chi connectivity index (χ2v) is 3.46. The maximum atomic E-state index is 5.79. The smallest absolute Gasteiger partial charge is 0.0492 e. The van der Waals surface area contributed by atoms with E-state index in [4.69, 9.17) is 5.73 Å². The van der Waals surface area contributed by atoms with Gasteiger partial charge in [-0.3, -0.25) is 9.88 Å². The summed E-state index contributed by atoms with van der Waals surface area (Å²) in [5.41, 5.74) is 6.99. The quantitative estimate of drug-likeness (QED) is 0.720. The predicted octanol–water partition coefficient (Wildman–Crippen LogP) is 0.953. The number of aromatic nitrogens is 1. The molecule has 3 nitrogen and oxygen atoms in total. The first-order valence-electron chi connectivity index (χ1n) is 4.91. The monoisotopic (exact) mass is 189 g/mol. The molecule has 0 saturated heterocycles. The van der Waals surface area contributed by atoms with Crippen molar-refractivity contribution >= 4 is 0 Å². The van der Waals surface area contributed by atoms with E-state index in [0.717, 1.165) is 13.1 Å². The van der Waals surface area contributed by atoms with Crippen molar-refractivity contribution in [3.63, 3.8) is 0 Å². The SMILES string of the molecule is NCC(c1cccnc1)N1CC=CC1. The molecule has 1 atom stereocenters. The van der Waals surface area contributed by atoms with Crippen LogP contribution in [0.25, 0.3) is 0 Å². The molecule has 0 saturated carbocycles. The van der Waals surface area contributed by atoms with Gasteiger partial charge in [0.15, 0.2) is 0 Å². The molecule has 2 rings (SSSR count). The molecule has 14 heavy (non-hydrogen) atoms. The molecule has 0 bridgehead atoms. The average Bonchev–Trinajstić information content (AvgIpc) is 2.74. The number of pyridine rings is 1.